The van der Waals surface area contributed by atoms with Gasteiger partial charge < -0.3 is 14.2 Å². The van der Waals surface area contributed by atoms with Crippen molar-refractivity contribution in [2.75, 3.05) is 20.3 Å². The summed E-state index contributed by atoms with van der Waals surface area (Å²) in [5.74, 6) is 0.212. The van der Waals surface area contributed by atoms with Gasteiger partial charge in [0.25, 0.3) is 0 Å². The number of hydrogen-bond donors (Lipinski definition) is 0. The molecule has 2 heterocycles. The molecule has 2 aromatic rings. The molecular weight excluding hydrogens is 346 g/mol. The van der Waals surface area contributed by atoms with E-state index in [9.17, 15) is 4.79 Å². The van der Waals surface area contributed by atoms with Gasteiger partial charge in [0.2, 0.25) is 0 Å². The maximum Gasteiger partial charge on any atom is 0.338 e. The molecule has 1 aliphatic rings. The number of rotatable bonds is 3. The van der Waals surface area contributed by atoms with Crippen molar-refractivity contribution in [2.24, 2.45) is 0 Å². The highest BCUT2D eigenvalue weighted by Crippen LogP contribution is 2.35. The van der Waals surface area contributed by atoms with E-state index in [1.54, 1.807) is 12.1 Å². The number of carbonyl (C=O) groups is 1. The third-order valence-electron chi connectivity index (χ3n) is 3.04. The molecule has 0 saturated carbocycles. The topological polar surface area (TPSA) is 57.7 Å². The lowest BCUT2D eigenvalue weighted by atomic mass is 10.2. The molecule has 1 aromatic carbocycles. The number of carbonyl (C=O) groups excluding carboxylic acids is 1. The molecule has 0 aliphatic carbocycles. The van der Waals surface area contributed by atoms with Crippen LogP contribution >= 0.6 is 27.3 Å². The van der Waals surface area contributed by atoms with Crippen molar-refractivity contribution in [1.82, 2.24) is 4.98 Å². The summed E-state index contributed by atoms with van der Waals surface area (Å²) in [7, 11) is 1.36. The lowest BCUT2D eigenvalue weighted by Gasteiger charge is -2.13. The summed E-state index contributed by atoms with van der Waals surface area (Å²) >= 11 is 4.81. The van der Waals surface area contributed by atoms with Gasteiger partial charge >= 0.3 is 5.97 Å². The van der Waals surface area contributed by atoms with Gasteiger partial charge in [0.15, 0.2) is 3.92 Å². The van der Waals surface area contributed by atoms with Gasteiger partial charge in [-0.2, -0.15) is 0 Å². The minimum atomic E-state index is -0.385. The van der Waals surface area contributed by atoms with E-state index in [-0.39, 0.29) is 12.1 Å². The molecule has 1 aromatic heterocycles. The van der Waals surface area contributed by atoms with E-state index < -0.39 is 0 Å². The fourth-order valence-electron chi connectivity index (χ4n) is 2.08. The summed E-state index contributed by atoms with van der Waals surface area (Å²) in [6.07, 6.45) is 0.849. The van der Waals surface area contributed by atoms with E-state index >= 15 is 0 Å². The highest BCUT2D eigenvalue weighted by atomic mass is 79.9. The van der Waals surface area contributed by atoms with Crippen molar-refractivity contribution in [3.05, 3.63) is 21.6 Å². The summed E-state index contributed by atoms with van der Waals surface area (Å²) < 4.78 is 17.6. The number of fused-ring (bicyclic) bond motifs is 1. The van der Waals surface area contributed by atoms with Gasteiger partial charge in [-0.05, 0) is 28.1 Å². The van der Waals surface area contributed by atoms with Crippen molar-refractivity contribution in [2.45, 2.75) is 12.5 Å². The summed E-state index contributed by atoms with van der Waals surface area (Å²) in [5, 5.41) is 0. The number of methoxy groups -OCH3 is 1. The van der Waals surface area contributed by atoms with Crippen molar-refractivity contribution >= 4 is 43.5 Å². The Hall–Kier alpha value is -1.18. The normalized spacial score (nSPS) is 18.4. The summed E-state index contributed by atoms with van der Waals surface area (Å²) in [4.78, 5) is 16.1. The smallest absolute Gasteiger partial charge is 0.338 e. The quantitative estimate of drug-likeness (QED) is 0.790. The second kappa shape index (κ2) is 5.67. The molecule has 0 N–H and O–H groups in total. The molecule has 20 heavy (non-hydrogen) atoms. The third-order valence-corrected chi connectivity index (χ3v) is 4.49. The maximum absolute atomic E-state index is 11.7. The Kier molecular flexibility index (Phi) is 3.91. The first kappa shape index (κ1) is 13.8. The fourth-order valence-corrected chi connectivity index (χ4v) is 3.53. The van der Waals surface area contributed by atoms with Crippen molar-refractivity contribution in [3.63, 3.8) is 0 Å². The molecule has 0 spiro atoms. The van der Waals surface area contributed by atoms with Crippen molar-refractivity contribution in [3.8, 4) is 5.75 Å². The number of esters is 1. The van der Waals surface area contributed by atoms with Gasteiger partial charge in [-0.1, -0.05) is 0 Å². The average Bonchev–Trinajstić information content (AvgIpc) is 3.06. The Morgan fingerprint density at radius 3 is 3.10 bits per heavy atom. The number of benzene rings is 1. The minimum Gasteiger partial charge on any atom is -0.486 e. The van der Waals surface area contributed by atoms with Crippen LogP contribution in [0, 0.1) is 0 Å². The molecule has 0 amide bonds. The van der Waals surface area contributed by atoms with E-state index in [2.05, 4.69) is 20.9 Å². The summed E-state index contributed by atoms with van der Waals surface area (Å²) in [6.45, 7) is 1.26. The van der Waals surface area contributed by atoms with Crippen LogP contribution in [0.15, 0.2) is 16.0 Å². The molecular formula is C13H12BrNO4S. The molecule has 5 nitrogen and oxygen atoms in total. The standard InChI is InChI=1S/C13H12BrNO4S/c1-17-12(16)7-4-9(19-8-2-3-18-6-8)11-10(5-7)20-13(14)15-11/h4-5,8H,2-3,6H2,1H3/t8-/m0/s1. The highest BCUT2D eigenvalue weighted by Gasteiger charge is 2.21. The van der Waals surface area contributed by atoms with Gasteiger partial charge in [-0.15, -0.1) is 11.3 Å². The van der Waals surface area contributed by atoms with Gasteiger partial charge in [-0.3, -0.25) is 0 Å². The molecule has 7 heteroatoms. The number of nitrogens with zero attached hydrogens (tertiary/aromatic N) is 1. The van der Waals surface area contributed by atoms with Crippen LogP contribution < -0.4 is 4.74 Å². The maximum atomic E-state index is 11.7. The Morgan fingerprint density at radius 1 is 1.55 bits per heavy atom. The van der Waals surface area contributed by atoms with Crippen LogP contribution in [0.1, 0.15) is 16.8 Å². The minimum absolute atomic E-state index is 0.00609. The molecule has 0 unspecified atom stereocenters. The van der Waals surface area contributed by atoms with Gasteiger partial charge in [-0.25, -0.2) is 9.78 Å². The molecule has 1 fully saturated rings. The number of ether oxygens (including phenoxy) is 3. The second-order valence-electron chi connectivity index (χ2n) is 4.38. The summed E-state index contributed by atoms with van der Waals surface area (Å²) in [5.41, 5.74) is 1.21. The van der Waals surface area contributed by atoms with Crippen molar-refractivity contribution < 1.29 is 19.0 Å². The van der Waals surface area contributed by atoms with Crippen LogP contribution in [0.4, 0.5) is 0 Å². The van der Waals surface area contributed by atoms with Crippen LogP contribution in [0.2, 0.25) is 0 Å². The van der Waals surface area contributed by atoms with Gasteiger partial charge in [0, 0.05) is 6.42 Å². The fraction of sp³-hybridized carbons (Fsp3) is 0.385. The predicted octanol–water partition coefficient (Wildman–Crippen LogP) is 3.01. The SMILES string of the molecule is COC(=O)c1cc(O[C@H]2CCOC2)c2nc(Br)sc2c1. The first-order valence-corrected chi connectivity index (χ1v) is 7.71. The number of hydrogen-bond acceptors (Lipinski definition) is 6. The molecule has 1 aliphatic heterocycles. The van der Waals surface area contributed by atoms with Crippen LogP contribution in [-0.2, 0) is 9.47 Å². The zero-order valence-corrected chi connectivity index (χ0v) is 13.1. The van der Waals surface area contributed by atoms with E-state index in [1.807, 2.05) is 0 Å². The van der Waals surface area contributed by atoms with E-state index in [4.69, 9.17) is 14.2 Å². The molecule has 106 valence electrons. The number of halogens is 1. The monoisotopic (exact) mass is 357 g/mol. The largest absolute Gasteiger partial charge is 0.486 e. The predicted molar refractivity (Wildman–Crippen MR) is 78.5 cm³/mol. The highest BCUT2D eigenvalue weighted by molar-refractivity contribution is 9.11. The van der Waals surface area contributed by atoms with Crippen molar-refractivity contribution in [1.29, 1.82) is 0 Å². The van der Waals surface area contributed by atoms with Crippen LogP contribution in [-0.4, -0.2) is 37.4 Å². The Bertz CT molecular complexity index is 651. The molecule has 0 bridgehead atoms. The first-order valence-electron chi connectivity index (χ1n) is 6.10. The Labute approximate surface area is 128 Å². The van der Waals surface area contributed by atoms with Gasteiger partial charge in [0.1, 0.15) is 17.4 Å². The van der Waals surface area contributed by atoms with Crippen LogP contribution in [0.25, 0.3) is 10.2 Å². The van der Waals surface area contributed by atoms with E-state index in [0.29, 0.717) is 24.5 Å². The van der Waals surface area contributed by atoms with Crippen LogP contribution in [0.3, 0.4) is 0 Å². The zero-order chi connectivity index (χ0) is 14.1. The second-order valence-corrected chi connectivity index (χ2v) is 6.69. The average molecular weight is 358 g/mol. The number of thiazole rings is 1. The summed E-state index contributed by atoms with van der Waals surface area (Å²) in [6, 6.07) is 3.44. The molecule has 0 radical (unpaired) electrons. The lowest BCUT2D eigenvalue weighted by molar-refractivity contribution is 0.0600. The lowest BCUT2D eigenvalue weighted by Crippen LogP contribution is -2.16. The first-order chi connectivity index (χ1) is 9.67. The number of aromatic nitrogens is 1. The molecule has 3 rings (SSSR count). The zero-order valence-electron chi connectivity index (χ0n) is 10.7. The molecule has 1 saturated heterocycles. The Balaban J connectivity index is 2.04. The van der Waals surface area contributed by atoms with Crippen LogP contribution in [0.5, 0.6) is 5.75 Å². The third kappa shape index (κ3) is 2.65. The Morgan fingerprint density at radius 2 is 2.40 bits per heavy atom. The van der Waals surface area contributed by atoms with Gasteiger partial charge in [0.05, 0.1) is 30.6 Å². The van der Waals surface area contributed by atoms with E-state index in [0.717, 1.165) is 20.6 Å². The molecule has 1 atom stereocenters. The van der Waals surface area contributed by atoms with E-state index in [1.165, 1.54) is 18.4 Å².